The smallest absolute Gasteiger partial charge is 0.363 e. The number of hydrogen-bond donors (Lipinski definition) is 0. The number of esters is 1. The van der Waals surface area contributed by atoms with E-state index in [1.54, 1.807) is 6.08 Å². The molecule has 2 aromatic rings. The Morgan fingerprint density at radius 3 is 2.85 bits per heavy atom. The third-order valence-electron chi connectivity index (χ3n) is 2.81. The maximum Gasteiger partial charge on any atom is 0.363 e. The number of aryl methyl sites for hydroxylation is 2. The zero-order valence-electron chi connectivity index (χ0n) is 11.1. The minimum absolute atomic E-state index is 0.284. The molecule has 0 saturated carbocycles. The number of hydrogen-bond acceptors (Lipinski definition) is 5. The molecule has 0 unspecified atom stereocenters. The fraction of sp³-hybridized carbons (Fsp3) is 0.133. The molecule has 100 valence electrons. The van der Waals surface area contributed by atoms with Gasteiger partial charge in [-0.2, -0.15) is 0 Å². The Kier molecular flexibility index (Phi) is 3.20. The summed E-state index contributed by atoms with van der Waals surface area (Å²) in [5.41, 5.74) is 2.91. The second kappa shape index (κ2) is 5.02. The van der Waals surface area contributed by atoms with E-state index in [2.05, 4.69) is 9.98 Å². The largest absolute Gasteiger partial charge is 0.402 e. The summed E-state index contributed by atoms with van der Waals surface area (Å²) in [7, 11) is 0. The molecular weight excluding hydrogens is 272 g/mol. The summed E-state index contributed by atoms with van der Waals surface area (Å²) in [5, 5.41) is 2.83. The molecule has 0 amide bonds. The van der Waals surface area contributed by atoms with Gasteiger partial charge in [0.15, 0.2) is 5.70 Å². The van der Waals surface area contributed by atoms with Crippen LogP contribution in [0.25, 0.3) is 6.08 Å². The third kappa shape index (κ3) is 2.53. The summed E-state index contributed by atoms with van der Waals surface area (Å²) in [6, 6.07) is 7.69. The molecular formula is C15H12N2O2S. The first-order valence-corrected chi connectivity index (χ1v) is 7.01. The van der Waals surface area contributed by atoms with E-state index in [0.717, 1.165) is 21.8 Å². The average molecular weight is 284 g/mol. The van der Waals surface area contributed by atoms with Crippen LogP contribution in [0.4, 0.5) is 0 Å². The zero-order valence-corrected chi connectivity index (χ0v) is 11.9. The number of carbonyl (C=O) groups is 1. The van der Waals surface area contributed by atoms with Crippen molar-refractivity contribution in [1.82, 2.24) is 4.98 Å². The van der Waals surface area contributed by atoms with Crippen molar-refractivity contribution in [2.75, 3.05) is 0 Å². The number of aromatic nitrogens is 1. The lowest BCUT2D eigenvalue weighted by atomic mass is 10.1. The van der Waals surface area contributed by atoms with Gasteiger partial charge in [-0.25, -0.2) is 14.8 Å². The standard InChI is InChI=1S/C15H12N2O2S/c1-9-4-3-5-11(6-9)14-17-13(15(18)19-14)7-12-8-20-10(2)16-12/h3-8H,1-2H3/b13-7-. The number of aliphatic imine (C=N–C) groups is 1. The second-order valence-corrected chi connectivity index (χ2v) is 5.56. The molecule has 1 aliphatic rings. The number of carbonyl (C=O) groups excluding carboxylic acids is 1. The second-order valence-electron chi connectivity index (χ2n) is 4.50. The third-order valence-corrected chi connectivity index (χ3v) is 3.60. The van der Waals surface area contributed by atoms with Gasteiger partial charge in [0.1, 0.15) is 0 Å². The molecule has 1 aromatic carbocycles. The van der Waals surface area contributed by atoms with Crippen LogP contribution in [0.1, 0.15) is 21.8 Å². The van der Waals surface area contributed by atoms with Gasteiger partial charge in [0.05, 0.1) is 10.7 Å². The Balaban J connectivity index is 1.94. The van der Waals surface area contributed by atoms with E-state index in [9.17, 15) is 4.79 Å². The average Bonchev–Trinajstić information content (AvgIpc) is 2.97. The van der Waals surface area contributed by atoms with Gasteiger partial charge in [-0.15, -0.1) is 11.3 Å². The first kappa shape index (κ1) is 12.7. The van der Waals surface area contributed by atoms with Gasteiger partial charge in [0.25, 0.3) is 0 Å². The van der Waals surface area contributed by atoms with Crippen molar-refractivity contribution in [2.45, 2.75) is 13.8 Å². The van der Waals surface area contributed by atoms with Gasteiger partial charge < -0.3 is 4.74 Å². The molecule has 0 spiro atoms. The highest BCUT2D eigenvalue weighted by molar-refractivity contribution is 7.09. The zero-order chi connectivity index (χ0) is 14.1. The first-order valence-electron chi connectivity index (χ1n) is 6.13. The maximum atomic E-state index is 11.8. The molecule has 0 saturated heterocycles. The van der Waals surface area contributed by atoms with Gasteiger partial charge >= 0.3 is 5.97 Å². The number of thiazole rings is 1. The predicted octanol–water partition coefficient (Wildman–Crippen LogP) is 3.10. The molecule has 0 fully saturated rings. The van der Waals surface area contributed by atoms with Gasteiger partial charge in [-0.1, -0.05) is 17.7 Å². The van der Waals surface area contributed by atoms with E-state index in [1.165, 1.54) is 11.3 Å². The van der Waals surface area contributed by atoms with Crippen LogP contribution in [-0.4, -0.2) is 16.9 Å². The Hall–Kier alpha value is -2.27. The fourth-order valence-electron chi connectivity index (χ4n) is 1.90. The number of ether oxygens (including phenoxy) is 1. The highest BCUT2D eigenvalue weighted by atomic mass is 32.1. The molecule has 0 radical (unpaired) electrons. The fourth-order valence-corrected chi connectivity index (χ4v) is 2.47. The maximum absolute atomic E-state index is 11.8. The topological polar surface area (TPSA) is 51.5 Å². The number of rotatable bonds is 2. The van der Waals surface area contributed by atoms with Gasteiger partial charge in [-0.3, -0.25) is 0 Å². The summed E-state index contributed by atoms with van der Waals surface area (Å²) in [4.78, 5) is 20.4. The SMILES string of the molecule is Cc1cccc(C2=N/C(=C\c3csc(C)n3)C(=O)O2)c1. The quantitative estimate of drug-likeness (QED) is 0.629. The first-order chi connectivity index (χ1) is 9.61. The van der Waals surface area contributed by atoms with Gasteiger partial charge in [0, 0.05) is 10.9 Å². The Bertz CT molecular complexity index is 744. The molecule has 3 rings (SSSR count). The molecule has 1 aromatic heterocycles. The van der Waals surface area contributed by atoms with E-state index < -0.39 is 5.97 Å². The van der Waals surface area contributed by atoms with Crippen LogP contribution >= 0.6 is 11.3 Å². The summed E-state index contributed by atoms with van der Waals surface area (Å²) in [6.07, 6.45) is 1.65. The van der Waals surface area contributed by atoms with E-state index in [-0.39, 0.29) is 5.70 Å². The Morgan fingerprint density at radius 2 is 2.15 bits per heavy atom. The van der Waals surface area contributed by atoms with Crippen LogP contribution in [0.2, 0.25) is 0 Å². The number of nitrogens with zero attached hydrogens (tertiary/aromatic N) is 2. The van der Waals surface area contributed by atoms with Crippen molar-refractivity contribution < 1.29 is 9.53 Å². The molecule has 4 nitrogen and oxygen atoms in total. The van der Waals surface area contributed by atoms with Crippen molar-refractivity contribution in [3.8, 4) is 0 Å². The van der Waals surface area contributed by atoms with Crippen molar-refractivity contribution in [1.29, 1.82) is 0 Å². The van der Waals surface area contributed by atoms with Crippen LogP contribution in [0.5, 0.6) is 0 Å². The van der Waals surface area contributed by atoms with E-state index in [1.807, 2.05) is 43.5 Å². The Morgan fingerprint density at radius 1 is 1.30 bits per heavy atom. The molecule has 0 aliphatic carbocycles. The molecule has 1 aliphatic heterocycles. The van der Waals surface area contributed by atoms with Crippen molar-refractivity contribution in [2.24, 2.45) is 4.99 Å². The molecule has 0 atom stereocenters. The van der Waals surface area contributed by atoms with E-state index in [0.29, 0.717) is 5.90 Å². The van der Waals surface area contributed by atoms with E-state index in [4.69, 9.17) is 4.74 Å². The van der Waals surface area contributed by atoms with Gasteiger partial charge in [-0.05, 0) is 32.1 Å². The van der Waals surface area contributed by atoms with Crippen LogP contribution in [0.15, 0.2) is 40.3 Å². The molecule has 0 N–H and O–H groups in total. The van der Waals surface area contributed by atoms with Crippen molar-refractivity contribution >= 4 is 29.3 Å². The van der Waals surface area contributed by atoms with Gasteiger partial charge in [0.2, 0.25) is 5.90 Å². The minimum Gasteiger partial charge on any atom is -0.402 e. The molecule has 20 heavy (non-hydrogen) atoms. The minimum atomic E-state index is -0.438. The van der Waals surface area contributed by atoms with Crippen LogP contribution in [0, 0.1) is 13.8 Å². The van der Waals surface area contributed by atoms with Crippen molar-refractivity contribution in [3.63, 3.8) is 0 Å². The molecule has 0 bridgehead atoms. The highest BCUT2D eigenvalue weighted by Crippen LogP contribution is 2.20. The predicted molar refractivity (Wildman–Crippen MR) is 78.6 cm³/mol. The highest BCUT2D eigenvalue weighted by Gasteiger charge is 2.24. The molecule has 2 heterocycles. The molecule has 5 heteroatoms. The van der Waals surface area contributed by atoms with Crippen LogP contribution in [-0.2, 0) is 9.53 Å². The lowest BCUT2D eigenvalue weighted by molar-refractivity contribution is -0.129. The normalized spacial score (nSPS) is 16.4. The van der Waals surface area contributed by atoms with Crippen LogP contribution in [0.3, 0.4) is 0 Å². The summed E-state index contributed by atoms with van der Waals surface area (Å²) >= 11 is 1.53. The monoisotopic (exact) mass is 284 g/mol. The summed E-state index contributed by atoms with van der Waals surface area (Å²) < 4.78 is 5.21. The lowest BCUT2D eigenvalue weighted by Crippen LogP contribution is -2.05. The number of cyclic esters (lactones) is 1. The summed E-state index contributed by atoms with van der Waals surface area (Å²) in [6.45, 7) is 3.90. The van der Waals surface area contributed by atoms with Crippen LogP contribution < -0.4 is 0 Å². The summed E-state index contributed by atoms with van der Waals surface area (Å²) in [5.74, 6) is -0.0935. The number of benzene rings is 1. The van der Waals surface area contributed by atoms with E-state index >= 15 is 0 Å². The Labute approximate surface area is 120 Å². The lowest BCUT2D eigenvalue weighted by Gasteiger charge is -1.99. The van der Waals surface area contributed by atoms with Crippen molar-refractivity contribution in [3.05, 3.63) is 57.2 Å².